The van der Waals surface area contributed by atoms with Crippen LogP contribution in [0.5, 0.6) is 5.75 Å². The number of hydrogen-bond acceptors (Lipinski definition) is 3. The summed E-state index contributed by atoms with van der Waals surface area (Å²) in [6, 6.07) is 6.18. The minimum atomic E-state index is 0.772. The van der Waals surface area contributed by atoms with Crippen molar-refractivity contribution in [1.29, 1.82) is 0 Å². The average Bonchev–Trinajstić information content (AvgIpc) is 3.13. The Labute approximate surface area is 159 Å². The molecule has 3 heteroatoms. The molecule has 1 aromatic rings. The van der Waals surface area contributed by atoms with Gasteiger partial charge >= 0.3 is 0 Å². The first-order chi connectivity index (χ1) is 12.7. The molecule has 0 aromatic heterocycles. The maximum Gasteiger partial charge on any atom is 0.122 e. The third-order valence-corrected chi connectivity index (χ3v) is 7.26. The smallest absolute Gasteiger partial charge is 0.122 e. The van der Waals surface area contributed by atoms with Gasteiger partial charge in [-0.2, -0.15) is 0 Å². The van der Waals surface area contributed by atoms with Gasteiger partial charge in [-0.1, -0.05) is 25.3 Å². The van der Waals surface area contributed by atoms with E-state index in [1.54, 1.807) is 7.11 Å². The number of aryl methyl sites for hydroxylation is 2. The van der Waals surface area contributed by atoms with Gasteiger partial charge in [-0.25, -0.2) is 0 Å². The summed E-state index contributed by atoms with van der Waals surface area (Å²) in [5.41, 5.74) is 4.14. The van der Waals surface area contributed by atoms with Crippen molar-refractivity contribution < 1.29 is 4.74 Å². The van der Waals surface area contributed by atoms with Gasteiger partial charge < -0.3 is 4.74 Å². The normalized spacial score (nSPS) is 28.3. The predicted molar refractivity (Wildman–Crippen MR) is 108 cm³/mol. The quantitative estimate of drug-likeness (QED) is 0.788. The van der Waals surface area contributed by atoms with E-state index in [-0.39, 0.29) is 0 Å². The molecular weight excluding hydrogens is 320 g/mol. The van der Waals surface area contributed by atoms with Gasteiger partial charge in [0.2, 0.25) is 0 Å². The van der Waals surface area contributed by atoms with Crippen LogP contribution in [-0.4, -0.2) is 48.6 Å². The molecule has 1 aromatic carbocycles. The van der Waals surface area contributed by atoms with E-state index in [0.717, 1.165) is 30.3 Å². The Morgan fingerprint density at radius 3 is 2.50 bits per heavy atom. The van der Waals surface area contributed by atoms with Gasteiger partial charge in [0.05, 0.1) is 7.11 Å². The highest BCUT2D eigenvalue weighted by atomic mass is 16.5. The van der Waals surface area contributed by atoms with Gasteiger partial charge in [0.15, 0.2) is 0 Å². The third kappa shape index (κ3) is 3.53. The highest BCUT2D eigenvalue weighted by Gasteiger charge is 2.42. The molecule has 26 heavy (non-hydrogen) atoms. The molecular formula is C23H36N2O. The highest BCUT2D eigenvalue weighted by molar-refractivity contribution is 5.41. The zero-order chi connectivity index (χ0) is 18.1. The van der Waals surface area contributed by atoms with E-state index in [9.17, 15) is 0 Å². The Balaban J connectivity index is 1.58. The van der Waals surface area contributed by atoms with Gasteiger partial charge in [-0.15, -0.1) is 0 Å². The maximum absolute atomic E-state index is 5.52. The predicted octanol–water partition coefficient (Wildman–Crippen LogP) is 4.54. The molecule has 144 valence electrons. The number of rotatable bonds is 4. The van der Waals surface area contributed by atoms with Crippen LogP contribution in [0.25, 0.3) is 0 Å². The van der Waals surface area contributed by atoms with E-state index in [2.05, 4.69) is 35.8 Å². The molecule has 0 amide bonds. The lowest BCUT2D eigenvalue weighted by Crippen LogP contribution is -2.59. The average molecular weight is 357 g/mol. The van der Waals surface area contributed by atoms with E-state index >= 15 is 0 Å². The van der Waals surface area contributed by atoms with Crippen molar-refractivity contribution in [3.05, 3.63) is 28.8 Å². The van der Waals surface area contributed by atoms with Crippen LogP contribution < -0.4 is 4.74 Å². The minimum Gasteiger partial charge on any atom is -0.496 e. The zero-order valence-corrected chi connectivity index (χ0v) is 17.0. The molecule has 0 bridgehead atoms. The molecule has 2 unspecified atom stereocenters. The van der Waals surface area contributed by atoms with Crippen LogP contribution in [0, 0.1) is 19.8 Å². The van der Waals surface area contributed by atoms with Crippen molar-refractivity contribution in [2.24, 2.45) is 5.92 Å². The number of benzene rings is 1. The van der Waals surface area contributed by atoms with Crippen LogP contribution in [-0.2, 0) is 6.54 Å². The summed E-state index contributed by atoms with van der Waals surface area (Å²) in [5.74, 6) is 1.94. The summed E-state index contributed by atoms with van der Waals surface area (Å²) in [6.45, 7) is 9.38. The molecule has 4 rings (SSSR count). The van der Waals surface area contributed by atoms with Crippen molar-refractivity contribution in [2.45, 2.75) is 77.4 Å². The van der Waals surface area contributed by atoms with Crippen LogP contribution in [0.4, 0.5) is 0 Å². The number of nitrogens with zero attached hydrogens (tertiary/aromatic N) is 2. The second-order valence-corrected chi connectivity index (χ2v) is 8.85. The Kier molecular flexibility index (Phi) is 5.56. The SMILES string of the molecule is COc1cc(C)c(CN2CCN3CCCC3C2C2CCCCC2)cc1C. The number of fused-ring (bicyclic) bond motifs is 1. The van der Waals surface area contributed by atoms with Crippen LogP contribution in [0.1, 0.15) is 61.6 Å². The second kappa shape index (κ2) is 7.90. The van der Waals surface area contributed by atoms with Crippen molar-refractivity contribution in [3.63, 3.8) is 0 Å². The fourth-order valence-corrected chi connectivity index (χ4v) is 5.90. The van der Waals surface area contributed by atoms with Crippen molar-refractivity contribution in [1.82, 2.24) is 9.80 Å². The van der Waals surface area contributed by atoms with Crippen LogP contribution >= 0.6 is 0 Å². The molecule has 2 aliphatic heterocycles. The summed E-state index contributed by atoms with van der Waals surface area (Å²) >= 11 is 0. The Bertz CT molecular complexity index is 623. The Hall–Kier alpha value is -1.06. The van der Waals surface area contributed by atoms with E-state index < -0.39 is 0 Å². The van der Waals surface area contributed by atoms with E-state index in [1.165, 1.54) is 81.3 Å². The summed E-state index contributed by atoms with van der Waals surface area (Å²) in [4.78, 5) is 5.67. The molecule has 2 heterocycles. The number of piperazine rings is 1. The Morgan fingerprint density at radius 1 is 0.923 bits per heavy atom. The lowest BCUT2D eigenvalue weighted by molar-refractivity contribution is -0.00390. The van der Waals surface area contributed by atoms with Gasteiger partial charge in [-0.05, 0) is 74.8 Å². The molecule has 3 fully saturated rings. The van der Waals surface area contributed by atoms with Gasteiger partial charge in [0.25, 0.3) is 0 Å². The minimum absolute atomic E-state index is 0.772. The molecule has 0 N–H and O–H groups in total. The lowest BCUT2D eigenvalue weighted by Gasteiger charge is -2.49. The summed E-state index contributed by atoms with van der Waals surface area (Å²) in [6.07, 6.45) is 10.1. The maximum atomic E-state index is 5.52. The van der Waals surface area contributed by atoms with Crippen LogP contribution in [0.3, 0.4) is 0 Å². The first-order valence-electron chi connectivity index (χ1n) is 10.8. The summed E-state index contributed by atoms with van der Waals surface area (Å²) in [7, 11) is 1.78. The molecule has 1 aliphatic carbocycles. The van der Waals surface area contributed by atoms with Crippen molar-refractivity contribution in [2.75, 3.05) is 26.7 Å². The summed E-state index contributed by atoms with van der Waals surface area (Å²) < 4.78 is 5.52. The second-order valence-electron chi connectivity index (χ2n) is 8.85. The third-order valence-electron chi connectivity index (χ3n) is 7.26. The first kappa shape index (κ1) is 18.3. The summed E-state index contributed by atoms with van der Waals surface area (Å²) in [5, 5.41) is 0. The van der Waals surface area contributed by atoms with Crippen molar-refractivity contribution >= 4 is 0 Å². The van der Waals surface area contributed by atoms with Crippen LogP contribution in [0.15, 0.2) is 12.1 Å². The Morgan fingerprint density at radius 2 is 1.73 bits per heavy atom. The zero-order valence-electron chi connectivity index (χ0n) is 17.0. The molecule has 0 spiro atoms. The standard InChI is InChI=1S/C23H36N2O/c1-17-15-22(26-3)18(2)14-20(17)16-25-13-12-24-11-7-10-21(24)23(25)19-8-5-4-6-9-19/h14-15,19,21,23H,4-13,16H2,1-3H3. The largest absolute Gasteiger partial charge is 0.496 e. The first-order valence-corrected chi connectivity index (χ1v) is 10.8. The van der Waals surface area contributed by atoms with Crippen LogP contribution in [0.2, 0.25) is 0 Å². The van der Waals surface area contributed by atoms with Gasteiger partial charge in [-0.3, -0.25) is 9.80 Å². The molecule has 3 nitrogen and oxygen atoms in total. The molecule has 1 saturated carbocycles. The van der Waals surface area contributed by atoms with Crippen molar-refractivity contribution in [3.8, 4) is 5.75 Å². The molecule has 0 radical (unpaired) electrons. The fraction of sp³-hybridized carbons (Fsp3) is 0.739. The van der Waals surface area contributed by atoms with E-state index in [4.69, 9.17) is 4.74 Å². The molecule has 2 saturated heterocycles. The monoisotopic (exact) mass is 356 g/mol. The van der Waals surface area contributed by atoms with E-state index in [0.29, 0.717) is 0 Å². The van der Waals surface area contributed by atoms with E-state index in [1.807, 2.05) is 0 Å². The number of ether oxygens (including phenoxy) is 1. The topological polar surface area (TPSA) is 15.7 Å². The number of hydrogen-bond donors (Lipinski definition) is 0. The fourth-order valence-electron chi connectivity index (χ4n) is 5.90. The molecule has 2 atom stereocenters. The molecule has 3 aliphatic rings. The number of methoxy groups -OCH3 is 1. The lowest BCUT2D eigenvalue weighted by atomic mass is 9.78. The van der Waals surface area contributed by atoms with Gasteiger partial charge in [0.1, 0.15) is 5.75 Å². The highest BCUT2D eigenvalue weighted by Crippen LogP contribution is 2.38. The van der Waals surface area contributed by atoms with Gasteiger partial charge in [0, 0.05) is 31.7 Å².